The van der Waals surface area contributed by atoms with Crippen LogP contribution in [0, 0.1) is 6.92 Å². The Morgan fingerprint density at radius 2 is 2.19 bits per heavy atom. The fourth-order valence-corrected chi connectivity index (χ4v) is 1.38. The van der Waals surface area contributed by atoms with Crippen molar-refractivity contribution in [3.8, 4) is 5.75 Å². The SMILES string of the molecule is CC[C@H](CO)NC(=O)c1cccc(C)c1O. The Morgan fingerprint density at radius 1 is 1.50 bits per heavy atom. The average molecular weight is 223 g/mol. The zero-order chi connectivity index (χ0) is 12.1. The third-order valence-electron chi connectivity index (χ3n) is 2.53. The summed E-state index contributed by atoms with van der Waals surface area (Å²) in [6.07, 6.45) is 0.648. The van der Waals surface area contributed by atoms with Gasteiger partial charge in [-0.1, -0.05) is 19.1 Å². The molecular weight excluding hydrogens is 206 g/mol. The van der Waals surface area contributed by atoms with E-state index >= 15 is 0 Å². The number of aliphatic hydroxyl groups is 1. The summed E-state index contributed by atoms with van der Waals surface area (Å²) in [5.41, 5.74) is 0.900. The van der Waals surface area contributed by atoms with E-state index in [2.05, 4.69) is 5.32 Å². The highest BCUT2D eigenvalue weighted by Crippen LogP contribution is 2.21. The molecule has 0 aliphatic carbocycles. The van der Waals surface area contributed by atoms with Gasteiger partial charge in [0.05, 0.1) is 18.2 Å². The normalized spacial score (nSPS) is 12.2. The van der Waals surface area contributed by atoms with Crippen molar-refractivity contribution >= 4 is 5.91 Å². The molecule has 1 aromatic rings. The molecule has 4 heteroatoms. The molecular formula is C12H17NO3. The van der Waals surface area contributed by atoms with Gasteiger partial charge in [0.1, 0.15) is 5.75 Å². The lowest BCUT2D eigenvalue weighted by Gasteiger charge is -2.14. The van der Waals surface area contributed by atoms with Crippen molar-refractivity contribution in [2.24, 2.45) is 0 Å². The van der Waals surface area contributed by atoms with Gasteiger partial charge in [0.25, 0.3) is 5.91 Å². The number of hydrogen-bond acceptors (Lipinski definition) is 3. The Hall–Kier alpha value is -1.55. The molecule has 0 spiro atoms. The van der Waals surface area contributed by atoms with Gasteiger partial charge in [-0.15, -0.1) is 0 Å². The minimum Gasteiger partial charge on any atom is -0.507 e. The third kappa shape index (κ3) is 2.73. The fourth-order valence-electron chi connectivity index (χ4n) is 1.38. The molecule has 0 radical (unpaired) electrons. The molecule has 0 fully saturated rings. The van der Waals surface area contributed by atoms with Crippen molar-refractivity contribution in [3.63, 3.8) is 0 Å². The Balaban J connectivity index is 2.84. The van der Waals surface area contributed by atoms with Crippen molar-refractivity contribution in [2.45, 2.75) is 26.3 Å². The summed E-state index contributed by atoms with van der Waals surface area (Å²) in [5, 5.41) is 21.3. The molecule has 88 valence electrons. The number of aliphatic hydroxyl groups excluding tert-OH is 1. The summed E-state index contributed by atoms with van der Waals surface area (Å²) in [6, 6.07) is 4.73. The van der Waals surface area contributed by atoms with Crippen LogP contribution in [0.25, 0.3) is 0 Å². The molecule has 0 aromatic heterocycles. The van der Waals surface area contributed by atoms with Gasteiger partial charge < -0.3 is 15.5 Å². The number of phenols is 1. The highest BCUT2D eigenvalue weighted by atomic mass is 16.3. The van der Waals surface area contributed by atoms with E-state index in [1.54, 1.807) is 25.1 Å². The van der Waals surface area contributed by atoms with Crippen LogP contribution in [-0.4, -0.2) is 28.8 Å². The summed E-state index contributed by atoms with van der Waals surface area (Å²) in [7, 11) is 0. The highest BCUT2D eigenvalue weighted by molar-refractivity contribution is 5.97. The average Bonchev–Trinajstić information content (AvgIpc) is 2.29. The Kier molecular flexibility index (Phi) is 4.31. The van der Waals surface area contributed by atoms with E-state index in [9.17, 15) is 9.90 Å². The zero-order valence-electron chi connectivity index (χ0n) is 9.53. The number of carbonyl (C=O) groups excluding carboxylic acids is 1. The molecule has 16 heavy (non-hydrogen) atoms. The van der Waals surface area contributed by atoms with Crippen LogP contribution in [0.3, 0.4) is 0 Å². The first-order chi connectivity index (χ1) is 7.60. The van der Waals surface area contributed by atoms with Gasteiger partial charge in [-0.2, -0.15) is 0 Å². The van der Waals surface area contributed by atoms with Crippen LogP contribution in [0.4, 0.5) is 0 Å². The van der Waals surface area contributed by atoms with Crippen LogP contribution in [-0.2, 0) is 0 Å². The monoisotopic (exact) mass is 223 g/mol. The first kappa shape index (κ1) is 12.5. The van der Waals surface area contributed by atoms with Crippen LogP contribution in [0.1, 0.15) is 29.3 Å². The van der Waals surface area contributed by atoms with Crippen molar-refractivity contribution in [3.05, 3.63) is 29.3 Å². The quantitative estimate of drug-likeness (QED) is 0.718. The topological polar surface area (TPSA) is 69.6 Å². The number of phenolic OH excluding ortho intramolecular Hbond substituents is 1. The van der Waals surface area contributed by atoms with Crippen molar-refractivity contribution in [1.82, 2.24) is 5.32 Å². The van der Waals surface area contributed by atoms with Gasteiger partial charge in [0.15, 0.2) is 0 Å². The number of benzene rings is 1. The van der Waals surface area contributed by atoms with Gasteiger partial charge in [-0.3, -0.25) is 4.79 Å². The molecule has 4 nitrogen and oxygen atoms in total. The molecule has 0 unspecified atom stereocenters. The number of rotatable bonds is 4. The maximum atomic E-state index is 11.8. The highest BCUT2D eigenvalue weighted by Gasteiger charge is 2.15. The standard InChI is InChI=1S/C12H17NO3/c1-3-9(7-14)13-12(16)10-6-4-5-8(2)11(10)15/h4-6,9,14-15H,3,7H2,1-2H3,(H,13,16)/t9-/m1/s1. The predicted octanol–water partition coefficient (Wildman–Crippen LogP) is 1.20. The largest absolute Gasteiger partial charge is 0.507 e. The minimum atomic E-state index is -0.359. The summed E-state index contributed by atoms with van der Waals surface area (Å²) < 4.78 is 0. The molecule has 0 aliphatic rings. The molecule has 0 saturated heterocycles. The maximum absolute atomic E-state index is 11.8. The van der Waals surface area contributed by atoms with E-state index in [1.165, 1.54) is 0 Å². The van der Waals surface area contributed by atoms with Gasteiger partial charge in [0.2, 0.25) is 0 Å². The van der Waals surface area contributed by atoms with Crippen LogP contribution in [0.2, 0.25) is 0 Å². The number of aryl methyl sites for hydroxylation is 1. The number of para-hydroxylation sites is 1. The zero-order valence-corrected chi connectivity index (χ0v) is 9.53. The van der Waals surface area contributed by atoms with E-state index in [1.807, 2.05) is 6.92 Å². The Bertz CT molecular complexity index is 373. The van der Waals surface area contributed by atoms with Crippen LogP contribution < -0.4 is 5.32 Å². The number of carbonyl (C=O) groups is 1. The smallest absolute Gasteiger partial charge is 0.255 e. The second kappa shape index (κ2) is 5.51. The minimum absolute atomic E-state index is 0.00667. The van der Waals surface area contributed by atoms with E-state index < -0.39 is 0 Å². The molecule has 0 heterocycles. The van der Waals surface area contributed by atoms with E-state index in [-0.39, 0.29) is 29.9 Å². The van der Waals surface area contributed by atoms with Gasteiger partial charge in [-0.25, -0.2) is 0 Å². The molecule has 3 N–H and O–H groups in total. The van der Waals surface area contributed by atoms with Crippen molar-refractivity contribution < 1.29 is 15.0 Å². The molecule has 1 amide bonds. The maximum Gasteiger partial charge on any atom is 0.255 e. The van der Waals surface area contributed by atoms with E-state index in [0.717, 1.165) is 0 Å². The van der Waals surface area contributed by atoms with Crippen LogP contribution in [0.15, 0.2) is 18.2 Å². The summed E-state index contributed by atoms with van der Waals surface area (Å²) in [5.74, 6) is -0.366. The van der Waals surface area contributed by atoms with Crippen LogP contribution >= 0.6 is 0 Å². The van der Waals surface area contributed by atoms with E-state index in [0.29, 0.717) is 12.0 Å². The number of amides is 1. The summed E-state index contributed by atoms with van der Waals surface area (Å²) in [6.45, 7) is 3.50. The fraction of sp³-hybridized carbons (Fsp3) is 0.417. The molecule has 0 saturated carbocycles. The van der Waals surface area contributed by atoms with E-state index in [4.69, 9.17) is 5.11 Å². The second-order valence-corrected chi connectivity index (χ2v) is 3.73. The van der Waals surface area contributed by atoms with Crippen molar-refractivity contribution in [1.29, 1.82) is 0 Å². The van der Waals surface area contributed by atoms with Crippen molar-refractivity contribution in [2.75, 3.05) is 6.61 Å². The first-order valence-corrected chi connectivity index (χ1v) is 5.30. The van der Waals surface area contributed by atoms with Crippen LogP contribution in [0.5, 0.6) is 5.75 Å². The molecule has 0 aliphatic heterocycles. The summed E-state index contributed by atoms with van der Waals surface area (Å²) in [4.78, 5) is 11.8. The van der Waals surface area contributed by atoms with Gasteiger partial charge in [-0.05, 0) is 25.0 Å². The number of nitrogens with one attached hydrogen (secondary N) is 1. The lowest BCUT2D eigenvalue weighted by atomic mass is 10.1. The molecule has 1 rings (SSSR count). The molecule has 1 atom stereocenters. The third-order valence-corrected chi connectivity index (χ3v) is 2.53. The summed E-state index contributed by atoms with van der Waals surface area (Å²) >= 11 is 0. The Labute approximate surface area is 94.9 Å². The van der Waals surface area contributed by atoms with Gasteiger partial charge in [0, 0.05) is 0 Å². The Morgan fingerprint density at radius 3 is 2.75 bits per heavy atom. The molecule has 1 aromatic carbocycles. The second-order valence-electron chi connectivity index (χ2n) is 3.73. The number of aromatic hydroxyl groups is 1. The number of hydrogen-bond donors (Lipinski definition) is 3. The lowest BCUT2D eigenvalue weighted by molar-refractivity contribution is 0.0912. The van der Waals surface area contributed by atoms with Gasteiger partial charge >= 0.3 is 0 Å². The first-order valence-electron chi connectivity index (χ1n) is 5.30. The lowest BCUT2D eigenvalue weighted by Crippen LogP contribution is -2.36. The predicted molar refractivity (Wildman–Crippen MR) is 61.5 cm³/mol. The molecule has 0 bridgehead atoms.